The molecule has 266 valence electrons. The smallest absolute Gasteiger partial charge is 0.303 e. The van der Waals surface area contributed by atoms with Gasteiger partial charge in [0.25, 0.3) is 0 Å². The normalized spacial score (nSPS) is 23.0. The van der Waals surface area contributed by atoms with Gasteiger partial charge in [-0.2, -0.15) is 0 Å². The van der Waals surface area contributed by atoms with Crippen molar-refractivity contribution in [1.82, 2.24) is 0 Å². The van der Waals surface area contributed by atoms with Crippen LogP contribution in [0, 0.1) is 0 Å². The molecule has 1 fully saturated rings. The predicted molar refractivity (Wildman–Crippen MR) is 182 cm³/mol. The lowest BCUT2D eigenvalue weighted by Gasteiger charge is -2.42. The summed E-state index contributed by atoms with van der Waals surface area (Å²) in [5.41, 5.74) is 0.842. The van der Waals surface area contributed by atoms with Crippen molar-refractivity contribution in [2.45, 2.75) is 56.1 Å². The topological polar surface area (TPSA) is 220 Å². The van der Waals surface area contributed by atoms with Gasteiger partial charge >= 0.3 is 5.97 Å². The summed E-state index contributed by atoms with van der Waals surface area (Å²) in [5.74, 6) is -0.858. The molecule has 14 nitrogen and oxygen atoms in total. The van der Waals surface area contributed by atoms with Gasteiger partial charge in [0.15, 0.2) is 18.7 Å². The minimum absolute atomic E-state index is 0.0101. The number of benzene rings is 4. The average molecular weight is 693 g/mol. The van der Waals surface area contributed by atoms with Gasteiger partial charge in [-0.1, -0.05) is 60.7 Å². The molecule has 1 aliphatic heterocycles. The molecular formula is C36H40N2O12. The molecule has 5 rings (SSSR count). The van der Waals surface area contributed by atoms with E-state index in [2.05, 4.69) is 9.98 Å². The first kappa shape index (κ1) is 36.8. The number of aliphatic hydroxyl groups excluding tert-OH is 5. The Morgan fingerprint density at radius 1 is 0.820 bits per heavy atom. The van der Waals surface area contributed by atoms with Crippen LogP contribution < -0.4 is 0 Å². The van der Waals surface area contributed by atoms with Gasteiger partial charge in [0.05, 0.1) is 26.3 Å². The number of carbonyl (C=O) groups is 1. The number of hydrogen-bond acceptors (Lipinski definition) is 14. The standard InChI is InChI=1S/C36H40N2O12/c1-20(41)47-35-33(45)31(19-40)50-36(34(35)46)49-29(16-37-14-25-23-8-4-2-6-21(23)10-12-27(25)42)30(18-39)48-32(44)17-38-15-26-24-9-5-3-7-22(24)11-13-28(26)43/h2-15,29-36,39-40,42-46H,16-19H2,1H3/t29-,30+,31+,32-,33-,34+,35-,36+/m0/s1. The SMILES string of the molecule is CC(=O)O[C@H]1[C@@H](O)[C@@H](CO)O[C@@H](O[C@@H](CN=Cc2c(O)ccc3ccccc23)[C@@H](CO)O[C@H](O)CN=Cc2c(O)ccc3ccccc23)[C@@H]1O. The largest absolute Gasteiger partial charge is 0.507 e. The van der Waals surface area contributed by atoms with E-state index in [0.29, 0.717) is 16.5 Å². The lowest BCUT2D eigenvalue weighted by molar-refractivity contribution is -0.322. The molecule has 0 radical (unpaired) electrons. The number of nitrogens with zero attached hydrogens (tertiary/aromatic N) is 2. The molecule has 0 amide bonds. The maximum atomic E-state index is 11.7. The third-order valence-corrected chi connectivity index (χ3v) is 8.24. The van der Waals surface area contributed by atoms with Gasteiger partial charge < -0.3 is 54.7 Å². The molecule has 4 aromatic rings. The number of ether oxygens (including phenoxy) is 4. The van der Waals surface area contributed by atoms with Crippen molar-refractivity contribution in [3.05, 3.63) is 83.9 Å². The van der Waals surface area contributed by atoms with Crippen molar-refractivity contribution in [3.63, 3.8) is 0 Å². The van der Waals surface area contributed by atoms with Gasteiger partial charge in [0.1, 0.15) is 42.0 Å². The zero-order valence-electron chi connectivity index (χ0n) is 27.1. The van der Waals surface area contributed by atoms with Crippen molar-refractivity contribution < 1.29 is 59.5 Å². The molecule has 50 heavy (non-hydrogen) atoms. The molecule has 1 heterocycles. The van der Waals surface area contributed by atoms with Crippen molar-refractivity contribution in [2.24, 2.45) is 9.98 Å². The highest BCUT2D eigenvalue weighted by atomic mass is 16.7. The molecule has 1 saturated heterocycles. The minimum Gasteiger partial charge on any atom is -0.507 e. The van der Waals surface area contributed by atoms with Gasteiger partial charge in [0, 0.05) is 30.5 Å². The molecular weight excluding hydrogens is 652 g/mol. The molecule has 14 heteroatoms. The summed E-state index contributed by atoms with van der Waals surface area (Å²) in [7, 11) is 0. The number of aliphatic imine (C=N–C) groups is 2. The van der Waals surface area contributed by atoms with Gasteiger partial charge in [-0.05, 0) is 33.7 Å². The second-order valence-electron chi connectivity index (χ2n) is 11.7. The summed E-state index contributed by atoms with van der Waals surface area (Å²) in [4.78, 5) is 20.4. The van der Waals surface area contributed by atoms with E-state index >= 15 is 0 Å². The number of fused-ring (bicyclic) bond motifs is 2. The number of esters is 1. The minimum atomic E-state index is -1.74. The monoisotopic (exact) mass is 692 g/mol. The molecule has 0 unspecified atom stereocenters. The summed E-state index contributed by atoms with van der Waals surface area (Å²) in [6, 6.07) is 21.3. The first-order valence-corrected chi connectivity index (χ1v) is 15.9. The van der Waals surface area contributed by atoms with E-state index in [4.69, 9.17) is 18.9 Å². The van der Waals surface area contributed by atoms with E-state index in [1.807, 2.05) is 36.4 Å². The van der Waals surface area contributed by atoms with E-state index in [-0.39, 0.29) is 24.6 Å². The summed E-state index contributed by atoms with van der Waals surface area (Å²) in [6.07, 6.45) is -9.16. The van der Waals surface area contributed by atoms with Crippen molar-refractivity contribution in [2.75, 3.05) is 26.3 Å². The second kappa shape index (κ2) is 16.9. The van der Waals surface area contributed by atoms with Crippen LogP contribution >= 0.6 is 0 Å². The number of carbonyl (C=O) groups excluding carboxylic acids is 1. The highest BCUT2D eigenvalue weighted by Crippen LogP contribution is 2.29. The van der Waals surface area contributed by atoms with Crippen LogP contribution in [-0.2, 0) is 23.7 Å². The van der Waals surface area contributed by atoms with Gasteiger partial charge in [0.2, 0.25) is 0 Å². The summed E-state index contributed by atoms with van der Waals surface area (Å²) < 4.78 is 22.4. The molecule has 0 aromatic heterocycles. The summed E-state index contributed by atoms with van der Waals surface area (Å²) in [6.45, 7) is -0.926. The Hall–Kier alpha value is -4.51. The van der Waals surface area contributed by atoms with E-state index in [9.17, 15) is 40.5 Å². The molecule has 7 N–H and O–H groups in total. The molecule has 0 spiro atoms. The van der Waals surface area contributed by atoms with Crippen LogP contribution in [0.25, 0.3) is 21.5 Å². The zero-order chi connectivity index (χ0) is 35.8. The lowest BCUT2D eigenvalue weighted by Crippen LogP contribution is -2.61. The van der Waals surface area contributed by atoms with Crippen LogP contribution in [0.5, 0.6) is 11.5 Å². The van der Waals surface area contributed by atoms with E-state index in [1.54, 1.807) is 24.3 Å². The Bertz CT molecular complexity index is 1820. The maximum absolute atomic E-state index is 11.7. The zero-order valence-corrected chi connectivity index (χ0v) is 27.1. The number of hydrogen-bond donors (Lipinski definition) is 7. The van der Waals surface area contributed by atoms with Crippen LogP contribution in [0.15, 0.2) is 82.8 Å². The fraction of sp³-hybridized carbons (Fsp3) is 0.361. The molecule has 0 saturated carbocycles. The fourth-order valence-corrected chi connectivity index (χ4v) is 5.73. The molecule has 8 atom stereocenters. The van der Waals surface area contributed by atoms with Gasteiger partial charge in [-0.25, -0.2) is 0 Å². The van der Waals surface area contributed by atoms with E-state index in [0.717, 1.165) is 23.1 Å². The Morgan fingerprint density at radius 2 is 1.38 bits per heavy atom. The van der Waals surface area contributed by atoms with Crippen molar-refractivity contribution in [1.29, 1.82) is 0 Å². The number of aliphatic hydroxyl groups is 5. The number of rotatable bonds is 14. The van der Waals surface area contributed by atoms with Crippen molar-refractivity contribution >= 4 is 39.9 Å². The molecule has 0 aliphatic carbocycles. The maximum Gasteiger partial charge on any atom is 0.303 e. The van der Waals surface area contributed by atoms with Crippen LogP contribution in [0.1, 0.15) is 18.1 Å². The van der Waals surface area contributed by atoms with Crippen LogP contribution in [0.2, 0.25) is 0 Å². The second-order valence-corrected chi connectivity index (χ2v) is 11.7. The first-order valence-electron chi connectivity index (χ1n) is 15.9. The first-order chi connectivity index (χ1) is 24.1. The Balaban J connectivity index is 1.37. The third-order valence-electron chi connectivity index (χ3n) is 8.24. The number of phenolic OH excluding ortho intramolecular Hbond substituents is 2. The highest BCUT2D eigenvalue weighted by molar-refractivity contribution is 6.03. The van der Waals surface area contributed by atoms with E-state index < -0.39 is 68.4 Å². The van der Waals surface area contributed by atoms with E-state index in [1.165, 1.54) is 24.6 Å². The Morgan fingerprint density at radius 3 is 1.92 bits per heavy atom. The van der Waals surface area contributed by atoms with Crippen LogP contribution in [0.3, 0.4) is 0 Å². The fourth-order valence-electron chi connectivity index (χ4n) is 5.73. The third kappa shape index (κ3) is 8.61. The average Bonchev–Trinajstić information content (AvgIpc) is 3.11. The van der Waals surface area contributed by atoms with Gasteiger partial charge in [-0.15, -0.1) is 0 Å². The summed E-state index contributed by atoms with van der Waals surface area (Å²) >= 11 is 0. The highest BCUT2D eigenvalue weighted by Gasteiger charge is 2.48. The number of aromatic hydroxyl groups is 2. The number of phenols is 2. The van der Waals surface area contributed by atoms with Crippen LogP contribution in [0.4, 0.5) is 0 Å². The Labute approximate surface area is 287 Å². The quantitative estimate of drug-likeness (QED) is 0.0567. The van der Waals surface area contributed by atoms with Crippen molar-refractivity contribution in [3.8, 4) is 11.5 Å². The van der Waals surface area contributed by atoms with Crippen LogP contribution in [-0.4, -0.2) is 130 Å². The molecule has 0 bridgehead atoms. The Kier molecular flexibility index (Phi) is 12.5. The molecule has 4 aromatic carbocycles. The lowest BCUT2D eigenvalue weighted by atomic mass is 9.99. The van der Waals surface area contributed by atoms with Gasteiger partial charge in [-0.3, -0.25) is 14.8 Å². The predicted octanol–water partition coefficient (Wildman–Crippen LogP) is 1.39. The summed E-state index contributed by atoms with van der Waals surface area (Å²) in [5, 5.41) is 76.7. The molecule has 1 aliphatic rings.